The molecule has 7 heteroatoms. The Kier molecular flexibility index (Phi) is 6.59. The van der Waals surface area contributed by atoms with E-state index in [2.05, 4.69) is 6.92 Å². The highest BCUT2D eigenvalue weighted by atomic mass is 32.2. The van der Waals surface area contributed by atoms with Crippen LogP contribution >= 0.6 is 0 Å². The van der Waals surface area contributed by atoms with Crippen molar-refractivity contribution in [3.05, 3.63) is 0 Å². The maximum atomic E-state index is 12.3. The molecule has 132 valence electrons. The lowest BCUT2D eigenvalue weighted by atomic mass is 9.80. The molecule has 0 bridgehead atoms. The average Bonchev–Trinajstić information content (AvgIpc) is 2.49. The van der Waals surface area contributed by atoms with Gasteiger partial charge in [0.05, 0.1) is 23.7 Å². The van der Waals surface area contributed by atoms with E-state index in [0.29, 0.717) is 17.6 Å². The number of carbonyl (C=O) groups is 2. The van der Waals surface area contributed by atoms with E-state index in [1.54, 1.807) is 0 Å². The van der Waals surface area contributed by atoms with E-state index >= 15 is 0 Å². The molecule has 0 amide bonds. The second kappa shape index (κ2) is 8.24. The predicted octanol–water partition coefficient (Wildman–Crippen LogP) is 2.45. The van der Waals surface area contributed by atoms with Crippen LogP contribution < -0.4 is 0 Å². The van der Waals surface area contributed by atoms with Crippen molar-refractivity contribution in [2.24, 2.45) is 23.7 Å². The van der Waals surface area contributed by atoms with Crippen LogP contribution in [0.4, 0.5) is 0 Å². The van der Waals surface area contributed by atoms with E-state index < -0.39 is 41.0 Å². The minimum Gasteiger partial charge on any atom is -0.481 e. The van der Waals surface area contributed by atoms with Crippen LogP contribution in [0.3, 0.4) is 0 Å². The molecule has 0 aromatic carbocycles. The molecular weight excluding hydrogens is 320 g/mol. The third-order valence-electron chi connectivity index (χ3n) is 5.25. The van der Waals surface area contributed by atoms with E-state index in [1.807, 2.05) is 0 Å². The van der Waals surface area contributed by atoms with Crippen LogP contribution in [-0.2, 0) is 24.9 Å². The first-order valence-electron chi connectivity index (χ1n) is 8.38. The minimum absolute atomic E-state index is 0.122. The van der Waals surface area contributed by atoms with Crippen LogP contribution in [0.5, 0.6) is 0 Å². The zero-order chi connectivity index (χ0) is 17.0. The zero-order valence-corrected chi connectivity index (χ0v) is 14.3. The van der Waals surface area contributed by atoms with Crippen LogP contribution in [-0.4, -0.2) is 38.2 Å². The summed E-state index contributed by atoms with van der Waals surface area (Å²) in [5.41, 5.74) is 0. The number of hydrogen-bond acceptors (Lipinski definition) is 4. The quantitative estimate of drug-likeness (QED) is 0.766. The molecule has 0 radical (unpaired) electrons. The van der Waals surface area contributed by atoms with Gasteiger partial charge >= 0.3 is 11.9 Å². The van der Waals surface area contributed by atoms with Crippen molar-refractivity contribution in [3.8, 4) is 0 Å². The van der Waals surface area contributed by atoms with Crippen molar-refractivity contribution >= 4 is 23.0 Å². The number of carboxylic acid groups (broad SMARTS) is 2. The number of carboxylic acids is 2. The number of rotatable bonds is 6. The first-order chi connectivity index (χ1) is 10.9. The SMILES string of the molecule is CC1CCCCC1CS(=O)OC1CC(C(=O)O)CC(C(=O)O)C1. The normalized spacial score (nSPS) is 36.3. The summed E-state index contributed by atoms with van der Waals surface area (Å²) in [6.45, 7) is 2.17. The van der Waals surface area contributed by atoms with Crippen molar-refractivity contribution < 1.29 is 28.2 Å². The summed E-state index contributed by atoms with van der Waals surface area (Å²) in [7, 11) is 0. The van der Waals surface area contributed by atoms with Gasteiger partial charge in [-0.3, -0.25) is 13.8 Å². The Morgan fingerprint density at radius 3 is 2.13 bits per heavy atom. The van der Waals surface area contributed by atoms with Crippen molar-refractivity contribution in [1.82, 2.24) is 0 Å². The molecule has 5 unspecified atom stereocenters. The number of hydrogen-bond donors (Lipinski definition) is 2. The maximum Gasteiger partial charge on any atom is 0.306 e. The lowest BCUT2D eigenvalue weighted by Crippen LogP contribution is -2.36. The largest absolute Gasteiger partial charge is 0.481 e. The highest BCUT2D eigenvalue weighted by Gasteiger charge is 2.38. The Morgan fingerprint density at radius 1 is 1.04 bits per heavy atom. The monoisotopic (exact) mass is 346 g/mol. The van der Waals surface area contributed by atoms with E-state index in [4.69, 9.17) is 14.4 Å². The molecule has 5 atom stereocenters. The van der Waals surface area contributed by atoms with Gasteiger partial charge in [-0.1, -0.05) is 26.2 Å². The summed E-state index contributed by atoms with van der Waals surface area (Å²) >= 11 is -1.48. The van der Waals surface area contributed by atoms with Crippen LogP contribution in [0.2, 0.25) is 0 Å². The van der Waals surface area contributed by atoms with Crippen LogP contribution in [0.1, 0.15) is 51.9 Å². The van der Waals surface area contributed by atoms with Gasteiger partial charge in [0.15, 0.2) is 11.1 Å². The Labute approximate surface area is 139 Å². The summed E-state index contributed by atoms with van der Waals surface area (Å²) in [5, 5.41) is 18.3. The molecule has 0 spiro atoms. The standard InChI is InChI=1S/C16H26O6S/c1-10-4-2-3-5-11(10)9-23(21)22-14-7-12(15(17)18)6-13(8-14)16(19)20/h10-14H,2-9H2,1H3,(H,17,18)(H,19,20). The Morgan fingerprint density at radius 2 is 1.61 bits per heavy atom. The molecule has 2 rings (SSSR count). The van der Waals surface area contributed by atoms with Gasteiger partial charge < -0.3 is 10.2 Å². The molecule has 2 aliphatic rings. The fraction of sp³-hybridized carbons (Fsp3) is 0.875. The van der Waals surface area contributed by atoms with E-state index in [1.165, 1.54) is 6.42 Å². The van der Waals surface area contributed by atoms with Crippen molar-refractivity contribution in [3.63, 3.8) is 0 Å². The minimum atomic E-state index is -1.48. The van der Waals surface area contributed by atoms with Gasteiger partial charge in [-0.25, -0.2) is 4.21 Å². The van der Waals surface area contributed by atoms with Crippen molar-refractivity contribution in [2.75, 3.05) is 5.75 Å². The molecule has 6 nitrogen and oxygen atoms in total. The molecule has 2 saturated carbocycles. The van der Waals surface area contributed by atoms with E-state index in [0.717, 1.165) is 19.3 Å². The topological polar surface area (TPSA) is 101 Å². The van der Waals surface area contributed by atoms with E-state index in [9.17, 15) is 13.8 Å². The highest BCUT2D eigenvalue weighted by molar-refractivity contribution is 7.80. The average molecular weight is 346 g/mol. The second-order valence-corrected chi connectivity index (χ2v) is 8.12. The maximum absolute atomic E-state index is 12.3. The summed E-state index contributed by atoms with van der Waals surface area (Å²) in [5.74, 6) is -2.11. The summed E-state index contributed by atoms with van der Waals surface area (Å²) in [6, 6.07) is 0. The van der Waals surface area contributed by atoms with Crippen LogP contribution in [0.15, 0.2) is 0 Å². The fourth-order valence-corrected chi connectivity index (χ4v) is 5.14. The van der Waals surface area contributed by atoms with E-state index in [-0.39, 0.29) is 19.3 Å². The van der Waals surface area contributed by atoms with Gasteiger partial charge in [0, 0.05) is 0 Å². The zero-order valence-electron chi connectivity index (χ0n) is 13.5. The molecule has 0 aromatic heterocycles. The third-order valence-corrected chi connectivity index (χ3v) is 6.43. The van der Waals surface area contributed by atoms with Crippen LogP contribution in [0.25, 0.3) is 0 Å². The molecule has 0 saturated heterocycles. The van der Waals surface area contributed by atoms with Gasteiger partial charge in [0.2, 0.25) is 0 Å². The Hall–Kier alpha value is -0.950. The lowest BCUT2D eigenvalue weighted by Gasteiger charge is -2.32. The first-order valence-corrected chi connectivity index (χ1v) is 9.62. The molecule has 0 aliphatic heterocycles. The van der Waals surface area contributed by atoms with Crippen molar-refractivity contribution in [2.45, 2.75) is 58.0 Å². The van der Waals surface area contributed by atoms with Crippen molar-refractivity contribution in [1.29, 1.82) is 0 Å². The molecule has 0 aromatic rings. The molecule has 2 aliphatic carbocycles. The van der Waals surface area contributed by atoms with Gasteiger partial charge in [0.1, 0.15) is 0 Å². The summed E-state index contributed by atoms with van der Waals surface area (Å²) in [6.07, 6.45) is 4.62. The molecular formula is C16H26O6S. The summed E-state index contributed by atoms with van der Waals surface area (Å²) < 4.78 is 17.8. The summed E-state index contributed by atoms with van der Waals surface area (Å²) in [4.78, 5) is 22.4. The number of aliphatic carboxylic acids is 2. The second-order valence-electron chi connectivity index (χ2n) is 6.99. The Balaban J connectivity index is 1.90. The lowest BCUT2D eigenvalue weighted by molar-refractivity contribution is -0.150. The fourth-order valence-electron chi connectivity index (χ4n) is 3.76. The smallest absolute Gasteiger partial charge is 0.306 e. The molecule has 0 heterocycles. The molecule has 23 heavy (non-hydrogen) atoms. The highest BCUT2D eigenvalue weighted by Crippen LogP contribution is 2.34. The Bertz CT molecular complexity index is 443. The molecule has 2 N–H and O–H groups in total. The van der Waals surface area contributed by atoms with Crippen LogP contribution in [0, 0.1) is 23.7 Å². The van der Waals surface area contributed by atoms with Gasteiger partial charge in [-0.15, -0.1) is 0 Å². The van der Waals surface area contributed by atoms with Gasteiger partial charge in [-0.05, 0) is 37.5 Å². The van der Waals surface area contributed by atoms with Gasteiger partial charge in [0.25, 0.3) is 0 Å². The van der Waals surface area contributed by atoms with Gasteiger partial charge in [-0.2, -0.15) is 0 Å². The molecule has 2 fully saturated rings. The first kappa shape index (κ1) is 18.4. The predicted molar refractivity (Wildman–Crippen MR) is 85.1 cm³/mol. The third kappa shape index (κ3) is 5.28.